The number of ether oxygens (including phenoxy) is 2. The van der Waals surface area contributed by atoms with Crippen molar-refractivity contribution in [3.05, 3.63) is 29.3 Å². The molecule has 2 rings (SSSR count). The molecular weight excluding hydrogens is 250 g/mol. The van der Waals surface area contributed by atoms with Gasteiger partial charge in [-0.05, 0) is 44.4 Å². The maximum Gasteiger partial charge on any atom is 0.122 e. The van der Waals surface area contributed by atoms with Gasteiger partial charge in [-0.3, -0.25) is 4.90 Å². The third-order valence-electron chi connectivity index (χ3n) is 3.70. The standard InChI is InChI=1S/C17H27NO2/c1-3-11-20-17-7-6-15(2)14-16(17)5-4-8-18-9-12-19-13-10-18/h6-7,14H,3-5,8-13H2,1-2H3. The zero-order chi connectivity index (χ0) is 14.2. The van der Waals surface area contributed by atoms with Crippen LogP contribution in [-0.2, 0) is 11.2 Å². The summed E-state index contributed by atoms with van der Waals surface area (Å²) in [4.78, 5) is 2.49. The molecule has 1 aromatic rings. The van der Waals surface area contributed by atoms with E-state index in [2.05, 4.69) is 36.9 Å². The molecule has 0 radical (unpaired) electrons. The van der Waals surface area contributed by atoms with Crippen LogP contribution in [-0.4, -0.2) is 44.4 Å². The summed E-state index contributed by atoms with van der Waals surface area (Å²) in [6.45, 7) is 10.2. The third kappa shape index (κ3) is 4.80. The van der Waals surface area contributed by atoms with Crippen LogP contribution < -0.4 is 4.74 Å². The average Bonchev–Trinajstić information content (AvgIpc) is 2.47. The van der Waals surface area contributed by atoms with Crippen molar-refractivity contribution in [1.82, 2.24) is 4.90 Å². The molecular formula is C17H27NO2. The summed E-state index contributed by atoms with van der Waals surface area (Å²) in [6.07, 6.45) is 3.34. The maximum absolute atomic E-state index is 5.85. The van der Waals surface area contributed by atoms with Gasteiger partial charge in [0.2, 0.25) is 0 Å². The van der Waals surface area contributed by atoms with Crippen molar-refractivity contribution in [2.75, 3.05) is 39.5 Å². The van der Waals surface area contributed by atoms with Gasteiger partial charge in [0.15, 0.2) is 0 Å². The van der Waals surface area contributed by atoms with Crippen LogP contribution in [0.15, 0.2) is 18.2 Å². The predicted octanol–water partition coefficient (Wildman–Crippen LogP) is 3.05. The van der Waals surface area contributed by atoms with Gasteiger partial charge in [0.05, 0.1) is 19.8 Å². The minimum atomic E-state index is 0.805. The Morgan fingerprint density at radius 1 is 1.25 bits per heavy atom. The van der Waals surface area contributed by atoms with Crippen molar-refractivity contribution < 1.29 is 9.47 Å². The summed E-state index contributed by atoms with van der Waals surface area (Å²) in [5.74, 6) is 1.07. The van der Waals surface area contributed by atoms with Crippen molar-refractivity contribution in [2.24, 2.45) is 0 Å². The molecule has 20 heavy (non-hydrogen) atoms. The van der Waals surface area contributed by atoms with E-state index in [0.29, 0.717) is 0 Å². The van der Waals surface area contributed by atoms with Crippen molar-refractivity contribution >= 4 is 0 Å². The molecule has 1 aliphatic heterocycles. The lowest BCUT2D eigenvalue weighted by molar-refractivity contribution is 0.0374. The smallest absolute Gasteiger partial charge is 0.122 e. The first-order valence-corrected chi connectivity index (χ1v) is 7.82. The maximum atomic E-state index is 5.85. The summed E-state index contributed by atoms with van der Waals surface area (Å²) in [5, 5.41) is 0. The summed E-state index contributed by atoms with van der Waals surface area (Å²) >= 11 is 0. The first kappa shape index (κ1) is 15.3. The molecule has 0 aliphatic carbocycles. The predicted molar refractivity (Wildman–Crippen MR) is 82.5 cm³/mol. The summed E-state index contributed by atoms with van der Waals surface area (Å²) in [5.41, 5.74) is 2.67. The number of rotatable bonds is 7. The fourth-order valence-corrected chi connectivity index (χ4v) is 2.57. The fourth-order valence-electron chi connectivity index (χ4n) is 2.57. The molecule has 0 saturated carbocycles. The van der Waals surface area contributed by atoms with E-state index in [4.69, 9.17) is 9.47 Å². The molecule has 1 aromatic carbocycles. The highest BCUT2D eigenvalue weighted by Crippen LogP contribution is 2.22. The van der Waals surface area contributed by atoms with E-state index >= 15 is 0 Å². The van der Waals surface area contributed by atoms with Gasteiger partial charge in [-0.25, -0.2) is 0 Å². The van der Waals surface area contributed by atoms with E-state index in [1.807, 2.05) is 0 Å². The topological polar surface area (TPSA) is 21.7 Å². The SMILES string of the molecule is CCCOc1ccc(C)cc1CCCN1CCOCC1. The van der Waals surface area contributed by atoms with E-state index in [1.54, 1.807) is 0 Å². The molecule has 1 fully saturated rings. The van der Waals surface area contributed by atoms with Crippen LogP contribution in [0.5, 0.6) is 5.75 Å². The molecule has 1 heterocycles. The van der Waals surface area contributed by atoms with E-state index in [9.17, 15) is 0 Å². The van der Waals surface area contributed by atoms with Crippen molar-refractivity contribution in [1.29, 1.82) is 0 Å². The summed E-state index contributed by atoms with van der Waals surface area (Å²) in [6, 6.07) is 6.52. The number of morpholine rings is 1. The monoisotopic (exact) mass is 277 g/mol. The highest BCUT2D eigenvalue weighted by atomic mass is 16.5. The highest BCUT2D eigenvalue weighted by molar-refractivity contribution is 5.37. The zero-order valence-electron chi connectivity index (χ0n) is 12.9. The average molecular weight is 277 g/mol. The van der Waals surface area contributed by atoms with Crippen LogP contribution in [0.4, 0.5) is 0 Å². The molecule has 0 aromatic heterocycles. The Morgan fingerprint density at radius 2 is 2.05 bits per heavy atom. The third-order valence-corrected chi connectivity index (χ3v) is 3.70. The number of nitrogens with zero attached hydrogens (tertiary/aromatic N) is 1. The number of aryl methyl sites for hydroxylation is 2. The normalized spacial score (nSPS) is 16.3. The van der Waals surface area contributed by atoms with Gasteiger partial charge >= 0.3 is 0 Å². The highest BCUT2D eigenvalue weighted by Gasteiger charge is 2.10. The van der Waals surface area contributed by atoms with Gasteiger partial charge in [-0.1, -0.05) is 24.6 Å². The first-order chi connectivity index (χ1) is 9.79. The molecule has 0 amide bonds. The van der Waals surface area contributed by atoms with Crippen LogP contribution in [0.3, 0.4) is 0 Å². The van der Waals surface area contributed by atoms with E-state index in [-0.39, 0.29) is 0 Å². The molecule has 1 aliphatic rings. The summed E-state index contributed by atoms with van der Waals surface area (Å²) in [7, 11) is 0. The van der Waals surface area contributed by atoms with Gasteiger partial charge in [0.1, 0.15) is 5.75 Å². The van der Waals surface area contributed by atoms with Crippen molar-refractivity contribution in [3.8, 4) is 5.75 Å². The quantitative estimate of drug-likeness (QED) is 0.764. The Labute approximate surface area is 122 Å². The van der Waals surface area contributed by atoms with Crippen LogP contribution >= 0.6 is 0 Å². The van der Waals surface area contributed by atoms with Crippen LogP contribution in [0.1, 0.15) is 30.9 Å². The van der Waals surface area contributed by atoms with Gasteiger partial charge in [0.25, 0.3) is 0 Å². The second-order valence-electron chi connectivity index (χ2n) is 5.52. The number of benzene rings is 1. The molecule has 112 valence electrons. The van der Waals surface area contributed by atoms with Crippen LogP contribution in [0, 0.1) is 6.92 Å². The molecule has 0 bridgehead atoms. The lowest BCUT2D eigenvalue weighted by Gasteiger charge is -2.26. The second-order valence-corrected chi connectivity index (χ2v) is 5.52. The first-order valence-electron chi connectivity index (χ1n) is 7.82. The Hall–Kier alpha value is -1.06. The molecule has 1 saturated heterocycles. The summed E-state index contributed by atoms with van der Waals surface area (Å²) < 4.78 is 11.2. The number of hydrogen-bond donors (Lipinski definition) is 0. The Bertz CT molecular complexity index is 400. The van der Waals surface area contributed by atoms with Gasteiger partial charge in [-0.15, -0.1) is 0 Å². The van der Waals surface area contributed by atoms with Gasteiger partial charge in [0, 0.05) is 13.1 Å². The molecule has 0 N–H and O–H groups in total. The zero-order valence-corrected chi connectivity index (χ0v) is 12.9. The van der Waals surface area contributed by atoms with Crippen LogP contribution in [0.2, 0.25) is 0 Å². The second kappa shape index (κ2) is 8.28. The fraction of sp³-hybridized carbons (Fsp3) is 0.647. The van der Waals surface area contributed by atoms with E-state index in [0.717, 1.165) is 58.0 Å². The van der Waals surface area contributed by atoms with E-state index in [1.165, 1.54) is 17.5 Å². The lowest BCUT2D eigenvalue weighted by atomic mass is 10.1. The van der Waals surface area contributed by atoms with Gasteiger partial charge in [-0.2, -0.15) is 0 Å². The van der Waals surface area contributed by atoms with Crippen molar-refractivity contribution in [3.63, 3.8) is 0 Å². The molecule has 3 heteroatoms. The minimum Gasteiger partial charge on any atom is -0.493 e. The molecule has 0 atom stereocenters. The minimum absolute atomic E-state index is 0.805. The Balaban J connectivity index is 1.85. The molecule has 0 spiro atoms. The van der Waals surface area contributed by atoms with Crippen LogP contribution in [0.25, 0.3) is 0 Å². The Kier molecular flexibility index (Phi) is 6.34. The van der Waals surface area contributed by atoms with E-state index < -0.39 is 0 Å². The van der Waals surface area contributed by atoms with Crippen molar-refractivity contribution in [2.45, 2.75) is 33.1 Å². The van der Waals surface area contributed by atoms with Gasteiger partial charge < -0.3 is 9.47 Å². The number of hydrogen-bond acceptors (Lipinski definition) is 3. The largest absolute Gasteiger partial charge is 0.493 e. The lowest BCUT2D eigenvalue weighted by Crippen LogP contribution is -2.36. The molecule has 0 unspecified atom stereocenters. The Morgan fingerprint density at radius 3 is 2.80 bits per heavy atom. The molecule has 3 nitrogen and oxygen atoms in total.